The second kappa shape index (κ2) is 8.75. The molecular formula is C27H31N. The van der Waals surface area contributed by atoms with Crippen molar-refractivity contribution in [3.05, 3.63) is 107 Å². The molecule has 1 fully saturated rings. The second-order valence-corrected chi connectivity index (χ2v) is 8.39. The molecule has 1 aliphatic rings. The lowest BCUT2D eigenvalue weighted by atomic mass is 9.69. The van der Waals surface area contributed by atoms with Gasteiger partial charge in [0.25, 0.3) is 0 Å². The van der Waals surface area contributed by atoms with Crippen LogP contribution in [0, 0.1) is 6.92 Å². The van der Waals surface area contributed by atoms with E-state index >= 15 is 0 Å². The molecule has 0 N–H and O–H groups in total. The van der Waals surface area contributed by atoms with E-state index in [9.17, 15) is 0 Å². The fourth-order valence-corrected chi connectivity index (χ4v) is 4.60. The first-order valence-electron chi connectivity index (χ1n) is 10.6. The number of aryl methyl sites for hydroxylation is 2. The van der Waals surface area contributed by atoms with Crippen LogP contribution in [0.25, 0.3) is 0 Å². The Bertz CT molecular complexity index is 844. The third-order valence-corrected chi connectivity index (χ3v) is 6.46. The van der Waals surface area contributed by atoms with Crippen molar-refractivity contribution in [1.29, 1.82) is 0 Å². The van der Waals surface area contributed by atoms with Crippen LogP contribution >= 0.6 is 0 Å². The normalized spacial score (nSPS) is 16.8. The summed E-state index contributed by atoms with van der Waals surface area (Å²) in [5, 5.41) is 0. The summed E-state index contributed by atoms with van der Waals surface area (Å²) in [5.74, 6) is 0. The molecule has 0 bridgehead atoms. The summed E-state index contributed by atoms with van der Waals surface area (Å²) in [6.07, 6.45) is 4.89. The first kappa shape index (κ1) is 19.0. The van der Waals surface area contributed by atoms with Crippen LogP contribution in [-0.2, 0) is 18.4 Å². The minimum Gasteiger partial charge on any atom is -0.299 e. The van der Waals surface area contributed by atoms with Crippen molar-refractivity contribution in [2.75, 3.05) is 13.1 Å². The highest BCUT2D eigenvalue weighted by atomic mass is 15.1. The summed E-state index contributed by atoms with van der Waals surface area (Å²) in [6.45, 7) is 5.61. The zero-order chi connectivity index (χ0) is 19.2. The Kier molecular flexibility index (Phi) is 5.92. The Labute approximate surface area is 170 Å². The van der Waals surface area contributed by atoms with Crippen molar-refractivity contribution in [2.45, 2.75) is 44.6 Å². The van der Waals surface area contributed by atoms with Gasteiger partial charge in [0.05, 0.1) is 0 Å². The smallest absolute Gasteiger partial charge is 0.0233 e. The maximum atomic E-state index is 2.63. The Morgan fingerprint density at radius 1 is 0.714 bits per heavy atom. The molecule has 1 heterocycles. The third kappa shape index (κ3) is 4.54. The van der Waals surface area contributed by atoms with E-state index in [-0.39, 0.29) is 0 Å². The van der Waals surface area contributed by atoms with Gasteiger partial charge in [-0.05, 0) is 67.8 Å². The summed E-state index contributed by atoms with van der Waals surface area (Å²) in [7, 11) is 0. The molecule has 0 unspecified atom stereocenters. The van der Waals surface area contributed by atoms with Crippen LogP contribution < -0.4 is 0 Å². The molecule has 4 rings (SSSR count). The number of rotatable bonds is 6. The lowest BCUT2D eigenvalue weighted by Crippen LogP contribution is -2.42. The molecule has 0 aliphatic carbocycles. The van der Waals surface area contributed by atoms with Crippen molar-refractivity contribution < 1.29 is 0 Å². The van der Waals surface area contributed by atoms with E-state index in [4.69, 9.17) is 0 Å². The van der Waals surface area contributed by atoms with Gasteiger partial charge in [0, 0.05) is 6.54 Å². The quantitative estimate of drug-likeness (QED) is 0.503. The van der Waals surface area contributed by atoms with E-state index in [1.165, 1.54) is 54.6 Å². The van der Waals surface area contributed by atoms with Gasteiger partial charge in [-0.25, -0.2) is 0 Å². The first-order valence-corrected chi connectivity index (χ1v) is 10.6. The van der Waals surface area contributed by atoms with Crippen molar-refractivity contribution in [1.82, 2.24) is 4.90 Å². The SMILES string of the molecule is Cc1ccc(C2(CCc3ccccc3)CCN(Cc3ccccc3)CC2)cc1. The van der Waals surface area contributed by atoms with E-state index in [0.29, 0.717) is 5.41 Å². The van der Waals surface area contributed by atoms with Gasteiger partial charge in [0.15, 0.2) is 0 Å². The maximum Gasteiger partial charge on any atom is 0.0233 e. The maximum absolute atomic E-state index is 2.63. The van der Waals surface area contributed by atoms with Crippen LogP contribution in [0.2, 0.25) is 0 Å². The molecule has 0 saturated carbocycles. The minimum atomic E-state index is 0.302. The fraction of sp³-hybridized carbons (Fsp3) is 0.333. The predicted octanol–water partition coefficient (Wildman–Crippen LogP) is 6.16. The summed E-state index contributed by atoms with van der Waals surface area (Å²) >= 11 is 0. The molecule has 1 heteroatoms. The highest BCUT2D eigenvalue weighted by molar-refractivity contribution is 5.30. The number of piperidine rings is 1. The topological polar surface area (TPSA) is 3.24 Å². The Morgan fingerprint density at radius 3 is 1.89 bits per heavy atom. The van der Waals surface area contributed by atoms with Crippen LogP contribution in [0.5, 0.6) is 0 Å². The van der Waals surface area contributed by atoms with Crippen LogP contribution in [0.1, 0.15) is 41.5 Å². The molecule has 144 valence electrons. The van der Waals surface area contributed by atoms with Crippen molar-refractivity contribution >= 4 is 0 Å². The first-order chi connectivity index (χ1) is 13.7. The van der Waals surface area contributed by atoms with Gasteiger partial charge in [-0.2, -0.15) is 0 Å². The molecule has 1 aliphatic heterocycles. The van der Waals surface area contributed by atoms with Crippen LogP contribution in [0.4, 0.5) is 0 Å². The summed E-state index contributed by atoms with van der Waals surface area (Å²) < 4.78 is 0. The van der Waals surface area contributed by atoms with Crippen LogP contribution in [0.15, 0.2) is 84.9 Å². The standard InChI is InChI=1S/C27H31N/c1-23-12-14-26(15-13-23)27(17-16-24-8-4-2-5-9-24)18-20-28(21-19-27)22-25-10-6-3-7-11-25/h2-15H,16-22H2,1H3. The van der Waals surface area contributed by atoms with Crippen molar-refractivity contribution in [2.24, 2.45) is 0 Å². The molecular weight excluding hydrogens is 338 g/mol. The molecule has 1 nitrogen and oxygen atoms in total. The lowest BCUT2D eigenvalue weighted by molar-refractivity contribution is 0.145. The molecule has 0 atom stereocenters. The summed E-state index contributed by atoms with van der Waals surface area (Å²) in [5.41, 5.74) is 6.07. The molecule has 3 aromatic rings. The highest BCUT2D eigenvalue weighted by Gasteiger charge is 2.35. The Morgan fingerprint density at radius 2 is 1.29 bits per heavy atom. The number of hydrogen-bond acceptors (Lipinski definition) is 1. The number of likely N-dealkylation sites (tertiary alicyclic amines) is 1. The molecule has 1 saturated heterocycles. The molecule has 0 aromatic heterocycles. The second-order valence-electron chi connectivity index (χ2n) is 8.39. The van der Waals surface area contributed by atoms with Crippen LogP contribution in [-0.4, -0.2) is 18.0 Å². The van der Waals surface area contributed by atoms with Crippen LogP contribution in [0.3, 0.4) is 0 Å². The third-order valence-electron chi connectivity index (χ3n) is 6.46. The average molecular weight is 370 g/mol. The van der Waals surface area contributed by atoms with E-state index in [1.54, 1.807) is 0 Å². The highest BCUT2D eigenvalue weighted by Crippen LogP contribution is 2.40. The van der Waals surface area contributed by atoms with E-state index in [2.05, 4.69) is 96.8 Å². The van der Waals surface area contributed by atoms with Gasteiger partial charge < -0.3 is 0 Å². The Balaban J connectivity index is 1.49. The van der Waals surface area contributed by atoms with Crippen molar-refractivity contribution in [3.8, 4) is 0 Å². The predicted molar refractivity (Wildman–Crippen MR) is 119 cm³/mol. The van der Waals surface area contributed by atoms with E-state index in [1.807, 2.05) is 0 Å². The number of benzene rings is 3. The van der Waals surface area contributed by atoms with Gasteiger partial charge in [-0.1, -0.05) is 90.5 Å². The molecule has 0 radical (unpaired) electrons. The number of nitrogens with zero attached hydrogens (tertiary/aromatic N) is 1. The van der Waals surface area contributed by atoms with Gasteiger partial charge in [-0.3, -0.25) is 4.90 Å². The average Bonchev–Trinajstić information content (AvgIpc) is 2.75. The fourth-order valence-electron chi connectivity index (χ4n) is 4.60. The summed E-state index contributed by atoms with van der Waals surface area (Å²) in [6, 6.07) is 31.2. The number of hydrogen-bond donors (Lipinski definition) is 0. The monoisotopic (exact) mass is 369 g/mol. The molecule has 3 aromatic carbocycles. The minimum absolute atomic E-state index is 0.302. The van der Waals surface area contributed by atoms with Gasteiger partial charge in [0.1, 0.15) is 0 Å². The summed E-state index contributed by atoms with van der Waals surface area (Å²) in [4.78, 5) is 2.63. The zero-order valence-electron chi connectivity index (χ0n) is 17.0. The molecule has 28 heavy (non-hydrogen) atoms. The zero-order valence-corrected chi connectivity index (χ0v) is 17.0. The lowest BCUT2D eigenvalue weighted by Gasteiger charge is -2.43. The largest absolute Gasteiger partial charge is 0.299 e. The van der Waals surface area contributed by atoms with Gasteiger partial charge >= 0.3 is 0 Å². The van der Waals surface area contributed by atoms with Gasteiger partial charge in [0.2, 0.25) is 0 Å². The van der Waals surface area contributed by atoms with E-state index < -0.39 is 0 Å². The van der Waals surface area contributed by atoms with E-state index in [0.717, 1.165) is 13.0 Å². The van der Waals surface area contributed by atoms with Gasteiger partial charge in [-0.15, -0.1) is 0 Å². The molecule has 0 amide bonds. The molecule has 0 spiro atoms. The van der Waals surface area contributed by atoms with Crippen molar-refractivity contribution in [3.63, 3.8) is 0 Å². The Hall–Kier alpha value is -2.38.